The minimum atomic E-state index is -0.222. The maximum absolute atomic E-state index is 11.8. The Morgan fingerprint density at radius 1 is 1.42 bits per heavy atom. The van der Waals surface area contributed by atoms with Crippen molar-refractivity contribution in [1.29, 1.82) is 0 Å². The first kappa shape index (κ1) is 15.7. The highest BCUT2D eigenvalue weighted by Gasteiger charge is 2.08. The van der Waals surface area contributed by atoms with E-state index in [9.17, 15) is 9.90 Å². The lowest BCUT2D eigenvalue weighted by molar-refractivity contribution is 0.0955. The fraction of sp³-hybridized carbons (Fsp3) is 0.462. The van der Waals surface area contributed by atoms with Crippen molar-refractivity contribution in [2.24, 2.45) is 0 Å². The van der Waals surface area contributed by atoms with Gasteiger partial charge in [0.05, 0.1) is 7.11 Å². The molecule has 1 aromatic carbocycles. The number of phenols is 1. The van der Waals surface area contributed by atoms with Gasteiger partial charge in [-0.15, -0.1) is 0 Å². The molecule has 0 saturated heterocycles. The number of carbonyl (C=O) groups is 1. The summed E-state index contributed by atoms with van der Waals surface area (Å²) >= 11 is 1.68. The minimum absolute atomic E-state index is 0.0486. The van der Waals surface area contributed by atoms with E-state index in [1.165, 1.54) is 13.2 Å². The molecule has 0 spiro atoms. The average molecular weight is 285 g/mol. The number of phenolic OH excluding ortho intramolecular Hbond substituents is 1. The summed E-state index contributed by atoms with van der Waals surface area (Å²) in [7, 11) is 1.46. The predicted octanol–water partition coefficient (Wildman–Crippen LogP) is 1.25. The van der Waals surface area contributed by atoms with E-state index in [0.717, 1.165) is 17.9 Å². The van der Waals surface area contributed by atoms with Gasteiger partial charge in [-0.1, -0.05) is 0 Å². The SMILES string of the molecule is COc1ccc(C(=O)NCCSCCCO)cc1O. The summed E-state index contributed by atoms with van der Waals surface area (Å²) in [6, 6.07) is 4.54. The number of amides is 1. The van der Waals surface area contributed by atoms with Gasteiger partial charge in [0.2, 0.25) is 0 Å². The maximum atomic E-state index is 11.8. The molecule has 6 heteroatoms. The van der Waals surface area contributed by atoms with Gasteiger partial charge in [0.1, 0.15) is 0 Å². The molecule has 3 N–H and O–H groups in total. The first-order valence-corrected chi connectivity index (χ1v) is 7.18. The fourth-order valence-corrected chi connectivity index (χ4v) is 2.22. The van der Waals surface area contributed by atoms with Crippen LogP contribution in [0.3, 0.4) is 0 Å². The lowest BCUT2D eigenvalue weighted by atomic mass is 10.2. The Morgan fingerprint density at radius 2 is 2.21 bits per heavy atom. The van der Waals surface area contributed by atoms with E-state index in [2.05, 4.69) is 5.32 Å². The van der Waals surface area contributed by atoms with Gasteiger partial charge in [0.15, 0.2) is 11.5 Å². The van der Waals surface area contributed by atoms with Crippen LogP contribution in [0.5, 0.6) is 11.5 Å². The number of methoxy groups -OCH3 is 1. The molecule has 0 saturated carbocycles. The minimum Gasteiger partial charge on any atom is -0.504 e. The van der Waals surface area contributed by atoms with Crippen molar-refractivity contribution < 1.29 is 19.7 Å². The largest absolute Gasteiger partial charge is 0.504 e. The quantitative estimate of drug-likeness (QED) is 0.626. The standard InChI is InChI=1S/C13H19NO4S/c1-18-12-4-3-10(9-11(12)16)13(17)14-5-8-19-7-2-6-15/h3-4,9,15-16H,2,5-8H2,1H3,(H,14,17). The Hall–Kier alpha value is -1.40. The lowest BCUT2D eigenvalue weighted by Gasteiger charge is -2.07. The number of hydrogen-bond donors (Lipinski definition) is 3. The molecule has 0 aliphatic carbocycles. The van der Waals surface area contributed by atoms with Crippen LogP contribution in [0.4, 0.5) is 0 Å². The monoisotopic (exact) mass is 285 g/mol. The van der Waals surface area contributed by atoms with Crippen molar-refractivity contribution in [2.45, 2.75) is 6.42 Å². The summed E-state index contributed by atoms with van der Waals surface area (Å²) in [5.74, 6) is 1.76. The first-order valence-electron chi connectivity index (χ1n) is 6.03. The highest BCUT2D eigenvalue weighted by molar-refractivity contribution is 7.99. The van der Waals surface area contributed by atoms with E-state index in [1.807, 2.05) is 0 Å². The summed E-state index contributed by atoms with van der Waals surface area (Å²) < 4.78 is 4.91. The van der Waals surface area contributed by atoms with Crippen molar-refractivity contribution in [1.82, 2.24) is 5.32 Å². The smallest absolute Gasteiger partial charge is 0.251 e. The fourth-order valence-electron chi connectivity index (χ4n) is 1.44. The molecule has 0 atom stereocenters. The number of nitrogens with one attached hydrogen (secondary N) is 1. The zero-order valence-electron chi connectivity index (χ0n) is 10.9. The van der Waals surface area contributed by atoms with Crippen molar-refractivity contribution in [3.63, 3.8) is 0 Å². The Labute approximate surface area is 117 Å². The second-order valence-corrected chi connectivity index (χ2v) is 5.06. The molecule has 0 bridgehead atoms. The summed E-state index contributed by atoms with van der Waals surface area (Å²) in [5.41, 5.74) is 0.402. The van der Waals surface area contributed by atoms with Crippen LogP contribution in [0, 0.1) is 0 Å². The van der Waals surface area contributed by atoms with Crippen LogP contribution in [0.15, 0.2) is 18.2 Å². The Kier molecular flexibility index (Phi) is 7.14. The molecule has 0 fully saturated rings. The van der Waals surface area contributed by atoms with E-state index < -0.39 is 0 Å². The van der Waals surface area contributed by atoms with Crippen LogP contribution >= 0.6 is 11.8 Å². The molecule has 0 aliphatic rings. The normalized spacial score (nSPS) is 10.2. The zero-order chi connectivity index (χ0) is 14.1. The average Bonchev–Trinajstić information content (AvgIpc) is 2.42. The van der Waals surface area contributed by atoms with Crippen LogP contribution in [-0.2, 0) is 0 Å². The van der Waals surface area contributed by atoms with E-state index in [0.29, 0.717) is 17.9 Å². The number of carbonyl (C=O) groups excluding carboxylic acids is 1. The van der Waals surface area contributed by atoms with Gasteiger partial charge in [-0.05, 0) is 30.4 Å². The number of aliphatic hydroxyl groups is 1. The topological polar surface area (TPSA) is 78.8 Å². The van der Waals surface area contributed by atoms with Crippen molar-refractivity contribution >= 4 is 17.7 Å². The third kappa shape index (κ3) is 5.40. The summed E-state index contributed by atoms with van der Waals surface area (Å²) in [6.07, 6.45) is 0.769. The molecule has 5 nitrogen and oxygen atoms in total. The summed E-state index contributed by atoms with van der Waals surface area (Å²) in [5, 5.41) is 21.0. The lowest BCUT2D eigenvalue weighted by Crippen LogP contribution is -2.25. The van der Waals surface area contributed by atoms with Gasteiger partial charge in [0, 0.05) is 24.5 Å². The molecule has 0 aliphatic heterocycles. The van der Waals surface area contributed by atoms with Gasteiger partial charge in [-0.2, -0.15) is 11.8 Å². The molecule has 1 rings (SSSR count). The van der Waals surface area contributed by atoms with Crippen molar-refractivity contribution in [2.75, 3.05) is 31.8 Å². The van der Waals surface area contributed by atoms with E-state index in [-0.39, 0.29) is 18.3 Å². The molecule has 0 aromatic heterocycles. The van der Waals surface area contributed by atoms with Gasteiger partial charge in [-0.3, -0.25) is 4.79 Å². The second kappa shape index (κ2) is 8.66. The van der Waals surface area contributed by atoms with Crippen LogP contribution in [0.2, 0.25) is 0 Å². The molecular weight excluding hydrogens is 266 g/mol. The van der Waals surface area contributed by atoms with E-state index >= 15 is 0 Å². The molecule has 1 amide bonds. The van der Waals surface area contributed by atoms with E-state index in [1.54, 1.807) is 23.9 Å². The Bertz CT molecular complexity index is 412. The van der Waals surface area contributed by atoms with E-state index in [4.69, 9.17) is 9.84 Å². The van der Waals surface area contributed by atoms with Crippen LogP contribution in [-0.4, -0.2) is 47.9 Å². The van der Waals surface area contributed by atoms with Crippen LogP contribution in [0.25, 0.3) is 0 Å². The predicted molar refractivity (Wildman–Crippen MR) is 76.0 cm³/mol. The van der Waals surface area contributed by atoms with Gasteiger partial charge < -0.3 is 20.3 Å². The molecule has 0 unspecified atom stereocenters. The zero-order valence-corrected chi connectivity index (χ0v) is 11.7. The van der Waals surface area contributed by atoms with Gasteiger partial charge >= 0.3 is 0 Å². The first-order chi connectivity index (χ1) is 9.19. The van der Waals surface area contributed by atoms with Crippen molar-refractivity contribution in [3.8, 4) is 11.5 Å². The third-order valence-electron chi connectivity index (χ3n) is 2.42. The Morgan fingerprint density at radius 3 is 2.84 bits per heavy atom. The number of aromatic hydroxyl groups is 1. The number of thioether (sulfide) groups is 1. The van der Waals surface area contributed by atoms with Gasteiger partial charge in [-0.25, -0.2) is 0 Å². The molecule has 0 radical (unpaired) electrons. The molecule has 0 heterocycles. The highest BCUT2D eigenvalue weighted by Crippen LogP contribution is 2.26. The second-order valence-electron chi connectivity index (χ2n) is 3.83. The molecular formula is C13H19NO4S. The maximum Gasteiger partial charge on any atom is 0.251 e. The number of ether oxygens (including phenoxy) is 1. The number of aliphatic hydroxyl groups excluding tert-OH is 1. The molecule has 1 aromatic rings. The van der Waals surface area contributed by atoms with Crippen molar-refractivity contribution in [3.05, 3.63) is 23.8 Å². The number of benzene rings is 1. The molecule has 106 valence electrons. The van der Waals surface area contributed by atoms with Crippen LogP contribution < -0.4 is 10.1 Å². The number of hydrogen-bond acceptors (Lipinski definition) is 5. The Balaban J connectivity index is 2.35. The molecule has 19 heavy (non-hydrogen) atoms. The third-order valence-corrected chi connectivity index (χ3v) is 3.49. The summed E-state index contributed by atoms with van der Waals surface area (Å²) in [6.45, 7) is 0.756. The van der Waals surface area contributed by atoms with Gasteiger partial charge in [0.25, 0.3) is 5.91 Å². The summed E-state index contributed by atoms with van der Waals surface area (Å²) in [4.78, 5) is 11.8. The highest BCUT2D eigenvalue weighted by atomic mass is 32.2. The van der Waals surface area contributed by atoms with Crippen LogP contribution in [0.1, 0.15) is 16.8 Å². The number of rotatable bonds is 8.